The van der Waals surface area contributed by atoms with Crippen LogP contribution in [0.2, 0.25) is 0 Å². The zero-order valence-corrected chi connectivity index (χ0v) is 13.3. The van der Waals surface area contributed by atoms with Crippen molar-refractivity contribution in [3.63, 3.8) is 0 Å². The van der Waals surface area contributed by atoms with E-state index < -0.39 is 0 Å². The van der Waals surface area contributed by atoms with Crippen LogP contribution in [0.1, 0.15) is 32.6 Å². The van der Waals surface area contributed by atoms with Crippen LogP contribution >= 0.6 is 0 Å². The van der Waals surface area contributed by atoms with Crippen molar-refractivity contribution < 1.29 is 4.79 Å². The van der Waals surface area contributed by atoms with Crippen molar-refractivity contribution in [1.82, 2.24) is 4.90 Å². The molecule has 21 heavy (non-hydrogen) atoms. The number of aryl methyl sites for hydroxylation is 3. The monoisotopic (exact) mass is 281 g/mol. The summed E-state index contributed by atoms with van der Waals surface area (Å²) in [5.41, 5.74) is 5.46. The summed E-state index contributed by atoms with van der Waals surface area (Å²) in [7, 11) is 1.99. The zero-order valence-electron chi connectivity index (χ0n) is 13.3. The molecule has 2 aromatic rings. The summed E-state index contributed by atoms with van der Waals surface area (Å²) in [4.78, 5) is 14.6. The molecule has 0 radical (unpaired) electrons. The molecule has 0 aliphatic heterocycles. The van der Waals surface area contributed by atoms with Crippen molar-refractivity contribution in [3.8, 4) is 0 Å². The smallest absolute Gasteiger partial charge is 0.177 e. The van der Waals surface area contributed by atoms with Crippen LogP contribution in [-0.4, -0.2) is 24.3 Å². The number of rotatable bonds is 5. The molecule has 2 aromatic carbocycles. The van der Waals surface area contributed by atoms with E-state index in [0.29, 0.717) is 6.54 Å². The Morgan fingerprint density at radius 1 is 1.00 bits per heavy atom. The van der Waals surface area contributed by atoms with E-state index in [2.05, 4.69) is 36.1 Å². The van der Waals surface area contributed by atoms with E-state index in [-0.39, 0.29) is 5.78 Å². The number of nitrogens with zero attached hydrogens (tertiary/aromatic N) is 1. The van der Waals surface area contributed by atoms with Crippen molar-refractivity contribution in [1.29, 1.82) is 0 Å². The number of hydrogen-bond acceptors (Lipinski definition) is 2. The van der Waals surface area contributed by atoms with E-state index in [1.54, 1.807) is 0 Å². The van der Waals surface area contributed by atoms with Crippen LogP contribution < -0.4 is 0 Å². The molecule has 0 unspecified atom stereocenters. The molecule has 0 heterocycles. The number of hydrogen-bond donors (Lipinski definition) is 0. The molecule has 2 nitrogen and oxygen atoms in total. The third kappa shape index (κ3) is 4.02. The molecule has 0 saturated carbocycles. The summed E-state index contributed by atoms with van der Waals surface area (Å²) in [5.74, 6) is 0.198. The lowest BCUT2D eigenvalue weighted by Crippen LogP contribution is -2.26. The van der Waals surface area contributed by atoms with Crippen LogP contribution in [0.5, 0.6) is 0 Å². The molecule has 0 N–H and O–H groups in total. The molecule has 110 valence electrons. The van der Waals surface area contributed by atoms with Crippen LogP contribution in [-0.2, 0) is 6.54 Å². The van der Waals surface area contributed by atoms with Crippen LogP contribution in [0.3, 0.4) is 0 Å². The van der Waals surface area contributed by atoms with Gasteiger partial charge in [-0.25, -0.2) is 0 Å². The fraction of sp³-hybridized carbons (Fsp3) is 0.316. The number of benzene rings is 2. The van der Waals surface area contributed by atoms with Crippen molar-refractivity contribution in [2.45, 2.75) is 27.3 Å². The molecule has 0 aliphatic carbocycles. The number of carbonyl (C=O) groups excluding carboxylic acids is 1. The van der Waals surface area contributed by atoms with Gasteiger partial charge < -0.3 is 0 Å². The second-order valence-corrected chi connectivity index (χ2v) is 5.85. The molecule has 0 bridgehead atoms. The average molecular weight is 281 g/mol. The van der Waals surface area contributed by atoms with Crippen LogP contribution in [0, 0.1) is 20.8 Å². The normalized spacial score (nSPS) is 10.9. The number of carbonyl (C=O) groups is 1. The highest BCUT2D eigenvalue weighted by molar-refractivity contribution is 6.00. The van der Waals surface area contributed by atoms with E-state index in [1.807, 2.05) is 39.1 Å². The van der Waals surface area contributed by atoms with Gasteiger partial charge in [0.15, 0.2) is 5.78 Å². The van der Waals surface area contributed by atoms with Crippen LogP contribution in [0.15, 0.2) is 42.5 Å². The van der Waals surface area contributed by atoms with Gasteiger partial charge >= 0.3 is 0 Å². The van der Waals surface area contributed by atoms with Gasteiger partial charge in [0.05, 0.1) is 6.54 Å². The maximum Gasteiger partial charge on any atom is 0.177 e. The van der Waals surface area contributed by atoms with Gasteiger partial charge in [-0.3, -0.25) is 9.69 Å². The maximum atomic E-state index is 12.6. The molecule has 2 heteroatoms. The van der Waals surface area contributed by atoms with Gasteiger partial charge in [0.25, 0.3) is 0 Å². The molecular weight excluding hydrogens is 258 g/mol. The SMILES string of the molecule is Cc1cc(C)c(C(=O)CN(C)Cc2ccccc2)c(C)c1. The Morgan fingerprint density at radius 2 is 1.57 bits per heavy atom. The molecule has 0 atom stereocenters. The van der Waals surface area contributed by atoms with Crippen LogP contribution in [0.25, 0.3) is 0 Å². The molecule has 0 aromatic heterocycles. The van der Waals surface area contributed by atoms with Gasteiger partial charge in [0.2, 0.25) is 0 Å². The Balaban J connectivity index is 2.08. The van der Waals surface area contributed by atoms with Crippen molar-refractivity contribution in [2.75, 3.05) is 13.6 Å². The largest absolute Gasteiger partial charge is 0.295 e. The summed E-state index contributed by atoms with van der Waals surface area (Å²) in [6, 6.07) is 14.4. The van der Waals surface area contributed by atoms with Gasteiger partial charge in [0, 0.05) is 12.1 Å². The summed E-state index contributed by atoms with van der Waals surface area (Å²) in [5, 5.41) is 0. The third-order valence-electron chi connectivity index (χ3n) is 3.66. The molecule has 0 spiro atoms. The van der Waals surface area contributed by atoms with Crippen molar-refractivity contribution >= 4 is 5.78 Å². The first-order chi connectivity index (χ1) is 9.97. The van der Waals surface area contributed by atoms with E-state index in [9.17, 15) is 4.79 Å². The van der Waals surface area contributed by atoms with Gasteiger partial charge in [-0.05, 0) is 44.5 Å². The first-order valence-electron chi connectivity index (χ1n) is 7.31. The second kappa shape index (κ2) is 6.68. The predicted octanol–water partition coefficient (Wildman–Crippen LogP) is 3.93. The summed E-state index contributed by atoms with van der Waals surface area (Å²) in [6.45, 7) is 7.33. The minimum atomic E-state index is 0.198. The Kier molecular flexibility index (Phi) is 4.92. The van der Waals surface area contributed by atoms with Crippen LogP contribution in [0.4, 0.5) is 0 Å². The average Bonchev–Trinajstić information content (AvgIpc) is 2.38. The van der Waals surface area contributed by atoms with E-state index in [4.69, 9.17) is 0 Å². The highest BCUT2D eigenvalue weighted by atomic mass is 16.1. The van der Waals surface area contributed by atoms with E-state index >= 15 is 0 Å². The lowest BCUT2D eigenvalue weighted by Gasteiger charge is -2.18. The number of likely N-dealkylation sites (N-methyl/N-ethyl adjacent to an activating group) is 1. The first kappa shape index (κ1) is 15.5. The molecule has 0 aliphatic rings. The predicted molar refractivity (Wildman–Crippen MR) is 87.8 cm³/mol. The molecular formula is C19H23NO. The summed E-state index contributed by atoms with van der Waals surface area (Å²) < 4.78 is 0. The highest BCUT2D eigenvalue weighted by Crippen LogP contribution is 2.17. The summed E-state index contributed by atoms with van der Waals surface area (Å²) >= 11 is 0. The third-order valence-corrected chi connectivity index (χ3v) is 3.66. The Bertz CT molecular complexity index is 608. The number of Topliss-reactive ketones (excluding diaryl/α,β-unsaturated/α-hetero) is 1. The molecule has 0 saturated heterocycles. The van der Waals surface area contributed by atoms with Gasteiger partial charge in [-0.1, -0.05) is 48.0 Å². The van der Waals surface area contributed by atoms with Gasteiger partial charge in [0.1, 0.15) is 0 Å². The fourth-order valence-corrected chi connectivity index (χ4v) is 2.90. The Morgan fingerprint density at radius 3 is 2.14 bits per heavy atom. The Labute approximate surface area is 127 Å². The van der Waals surface area contributed by atoms with E-state index in [0.717, 1.165) is 23.2 Å². The molecule has 0 fully saturated rings. The van der Waals surface area contributed by atoms with Crippen molar-refractivity contribution in [3.05, 3.63) is 70.3 Å². The minimum Gasteiger partial charge on any atom is -0.295 e. The van der Waals surface area contributed by atoms with Gasteiger partial charge in [-0.15, -0.1) is 0 Å². The molecule has 0 amide bonds. The van der Waals surface area contributed by atoms with Crippen molar-refractivity contribution in [2.24, 2.45) is 0 Å². The highest BCUT2D eigenvalue weighted by Gasteiger charge is 2.14. The minimum absolute atomic E-state index is 0.198. The maximum absolute atomic E-state index is 12.6. The second-order valence-electron chi connectivity index (χ2n) is 5.85. The topological polar surface area (TPSA) is 20.3 Å². The van der Waals surface area contributed by atoms with E-state index in [1.165, 1.54) is 11.1 Å². The quantitative estimate of drug-likeness (QED) is 0.774. The summed E-state index contributed by atoms with van der Waals surface area (Å²) in [6.07, 6.45) is 0. The molecule has 2 rings (SSSR count). The zero-order chi connectivity index (χ0) is 15.4. The lowest BCUT2D eigenvalue weighted by atomic mass is 9.96. The Hall–Kier alpha value is -1.93. The lowest BCUT2D eigenvalue weighted by molar-refractivity contribution is 0.0942. The first-order valence-corrected chi connectivity index (χ1v) is 7.31. The fourth-order valence-electron chi connectivity index (χ4n) is 2.90. The van der Waals surface area contributed by atoms with Gasteiger partial charge in [-0.2, -0.15) is 0 Å². The number of ketones is 1. The standard InChI is InChI=1S/C19H23NO/c1-14-10-15(2)19(16(3)11-14)18(21)13-20(4)12-17-8-6-5-7-9-17/h5-11H,12-13H2,1-4H3.